The van der Waals surface area contributed by atoms with Gasteiger partial charge in [-0.05, 0) is 35.2 Å². The van der Waals surface area contributed by atoms with Crippen LogP contribution >= 0.6 is 0 Å². The third-order valence-corrected chi connectivity index (χ3v) is 3.24. The van der Waals surface area contributed by atoms with Crippen molar-refractivity contribution in [2.45, 2.75) is 32.7 Å². The lowest BCUT2D eigenvalue weighted by atomic mass is 9.86. The van der Waals surface area contributed by atoms with Gasteiger partial charge in [-0.15, -0.1) is 0 Å². The number of nitrogens with zero attached hydrogens (tertiary/aromatic N) is 1. The number of hydrogen-bond acceptors (Lipinski definition) is 4. The molecule has 1 heterocycles. The van der Waals surface area contributed by atoms with E-state index >= 15 is 0 Å². The number of pyridine rings is 1. The molecule has 0 saturated carbocycles. The number of aromatic nitrogens is 1. The van der Waals surface area contributed by atoms with Crippen molar-refractivity contribution in [1.29, 1.82) is 0 Å². The first-order valence-corrected chi connectivity index (χ1v) is 6.95. The predicted molar refractivity (Wildman–Crippen MR) is 83.9 cm³/mol. The molecule has 0 bridgehead atoms. The molecule has 0 unspecified atom stereocenters. The van der Waals surface area contributed by atoms with Crippen LogP contribution in [0.2, 0.25) is 0 Å². The Hall–Kier alpha value is -2.07. The maximum Gasteiger partial charge on any atom is 0.219 e. The van der Waals surface area contributed by atoms with Crippen LogP contribution in [-0.4, -0.2) is 12.1 Å². The van der Waals surface area contributed by atoms with Crippen molar-refractivity contribution >= 4 is 0 Å². The minimum absolute atomic E-state index is 0.0602. The Balaban J connectivity index is 2.39. The lowest BCUT2D eigenvalue weighted by Crippen LogP contribution is -2.13. The van der Waals surface area contributed by atoms with Gasteiger partial charge >= 0.3 is 0 Å². The first-order valence-electron chi connectivity index (χ1n) is 6.95. The Morgan fingerprint density at radius 3 is 2.52 bits per heavy atom. The normalized spacial score (nSPS) is 11.3. The molecule has 0 atom stereocenters. The summed E-state index contributed by atoms with van der Waals surface area (Å²) in [5.74, 6) is 2.15. The fourth-order valence-electron chi connectivity index (χ4n) is 2.06. The number of benzene rings is 1. The van der Waals surface area contributed by atoms with Crippen LogP contribution in [0, 0.1) is 0 Å². The maximum atomic E-state index is 5.96. The summed E-state index contributed by atoms with van der Waals surface area (Å²) in [5.41, 5.74) is 7.65. The van der Waals surface area contributed by atoms with Crippen LogP contribution in [-0.2, 0) is 12.0 Å². The van der Waals surface area contributed by atoms with E-state index in [2.05, 4.69) is 25.8 Å². The van der Waals surface area contributed by atoms with Crippen molar-refractivity contribution in [3.05, 3.63) is 47.7 Å². The van der Waals surface area contributed by atoms with Crippen molar-refractivity contribution in [3.8, 4) is 17.4 Å². The van der Waals surface area contributed by atoms with Crippen LogP contribution in [0.5, 0.6) is 17.4 Å². The zero-order valence-corrected chi connectivity index (χ0v) is 13.0. The second kappa shape index (κ2) is 6.14. The molecule has 2 aromatic rings. The van der Waals surface area contributed by atoms with Crippen molar-refractivity contribution in [2.75, 3.05) is 7.11 Å². The molecule has 0 radical (unpaired) electrons. The van der Waals surface area contributed by atoms with E-state index in [0.29, 0.717) is 12.4 Å². The van der Waals surface area contributed by atoms with Crippen molar-refractivity contribution in [2.24, 2.45) is 5.73 Å². The highest BCUT2D eigenvalue weighted by atomic mass is 16.5. The molecule has 4 heteroatoms. The van der Waals surface area contributed by atoms with E-state index in [4.69, 9.17) is 15.2 Å². The van der Waals surface area contributed by atoms with Gasteiger partial charge in [-0.1, -0.05) is 20.8 Å². The molecule has 4 nitrogen and oxygen atoms in total. The van der Waals surface area contributed by atoms with E-state index in [-0.39, 0.29) is 5.41 Å². The molecule has 1 aromatic carbocycles. The standard InChI is InChI=1S/C17H22N2O2/c1-17(2,3)14-10-13(20-4)5-6-15(14)21-16-9-12(11-18)7-8-19-16/h5-10H,11,18H2,1-4H3. The van der Waals surface area contributed by atoms with Gasteiger partial charge in [-0.3, -0.25) is 0 Å². The zero-order valence-electron chi connectivity index (χ0n) is 13.0. The van der Waals surface area contributed by atoms with E-state index in [0.717, 1.165) is 22.6 Å². The van der Waals surface area contributed by atoms with E-state index < -0.39 is 0 Å². The van der Waals surface area contributed by atoms with E-state index in [1.165, 1.54) is 0 Å². The average Bonchev–Trinajstić information content (AvgIpc) is 2.46. The van der Waals surface area contributed by atoms with E-state index in [1.54, 1.807) is 13.3 Å². The smallest absolute Gasteiger partial charge is 0.219 e. The lowest BCUT2D eigenvalue weighted by Gasteiger charge is -2.23. The topological polar surface area (TPSA) is 57.4 Å². The van der Waals surface area contributed by atoms with Gasteiger partial charge in [0.1, 0.15) is 11.5 Å². The second-order valence-electron chi connectivity index (χ2n) is 5.92. The molecular weight excluding hydrogens is 264 g/mol. The highest BCUT2D eigenvalue weighted by Gasteiger charge is 2.20. The largest absolute Gasteiger partial charge is 0.497 e. The molecule has 0 amide bonds. The van der Waals surface area contributed by atoms with Gasteiger partial charge in [0, 0.05) is 24.4 Å². The van der Waals surface area contributed by atoms with Crippen LogP contribution in [0.4, 0.5) is 0 Å². The Morgan fingerprint density at radius 2 is 1.90 bits per heavy atom. The van der Waals surface area contributed by atoms with Gasteiger partial charge in [0.05, 0.1) is 7.11 Å². The van der Waals surface area contributed by atoms with Gasteiger partial charge < -0.3 is 15.2 Å². The summed E-state index contributed by atoms with van der Waals surface area (Å²) in [6.07, 6.45) is 1.71. The highest BCUT2D eigenvalue weighted by molar-refractivity contribution is 5.45. The SMILES string of the molecule is COc1ccc(Oc2cc(CN)ccn2)c(C(C)(C)C)c1. The first-order chi connectivity index (χ1) is 9.94. The Labute approximate surface area is 125 Å². The summed E-state index contributed by atoms with van der Waals surface area (Å²) >= 11 is 0. The van der Waals surface area contributed by atoms with Crippen LogP contribution in [0.1, 0.15) is 31.9 Å². The minimum atomic E-state index is -0.0602. The molecule has 2 N–H and O–H groups in total. The summed E-state index contributed by atoms with van der Waals surface area (Å²) in [6.45, 7) is 6.88. The Bertz CT molecular complexity index is 618. The van der Waals surface area contributed by atoms with Crippen molar-refractivity contribution in [3.63, 3.8) is 0 Å². The van der Waals surface area contributed by atoms with E-state index in [9.17, 15) is 0 Å². The molecule has 2 rings (SSSR count). The second-order valence-corrected chi connectivity index (χ2v) is 5.92. The number of ether oxygens (including phenoxy) is 2. The highest BCUT2D eigenvalue weighted by Crippen LogP contribution is 2.36. The Kier molecular flexibility index (Phi) is 4.48. The van der Waals surface area contributed by atoms with Crippen LogP contribution in [0.15, 0.2) is 36.5 Å². The molecule has 0 fully saturated rings. The van der Waals surface area contributed by atoms with Crippen LogP contribution in [0.3, 0.4) is 0 Å². The fourth-order valence-corrected chi connectivity index (χ4v) is 2.06. The van der Waals surface area contributed by atoms with Crippen LogP contribution in [0.25, 0.3) is 0 Å². The Morgan fingerprint density at radius 1 is 1.14 bits per heavy atom. The molecule has 112 valence electrons. The lowest BCUT2D eigenvalue weighted by molar-refractivity contribution is 0.405. The predicted octanol–water partition coefficient (Wildman–Crippen LogP) is 3.64. The van der Waals surface area contributed by atoms with Gasteiger partial charge in [-0.2, -0.15) is 0 Å². The summed E-state index contributed by atoms with van der Waals surface area (Å²) in [4.78, 5) is 4.24. The molecule has 0 aliphatic rings. The molecule has 0 aliphatic heterocycles. The van der Waals surface area contributed by atoms with Gasteiger partial charge in [0.2, 0.25) is 5.88 Å². The van der Waals surface area contributed by atoms with Crippen LogP contribution < -0.4 is 15.2 Å². The molecule has 0 aliphatic carbocycles. The average molecular weight is 286 g/mol. The van der Waals surface area contributed by atoms with Gasteiger partial charge in [-0.25, -0.2) is 4.98 Å². The fraction of sp³-hybridized carbons (Fsp3) is 0.353. The summed E-state index contributed by atoms with van der Waals surface area (Å²) in [7, 11) is 1.66. The maximum absolute atomic E-state index is 5.96. The number of hydrogen-bond donors (Lipinski definition) is 1. The summed E-state index contributed by atoms with van der Waals surface area (Å²) in [5, 5.41) is 0. The van der Waals surface area contributed by atoms with Crippen molar-refractivity contribution < 1.29 is 9.47 Å². The molecule has 0 saturated heterocycles. The number of nitrogens with two attached hydrogens (primary N) is 1. The van der Waals surface area contributed by atoms with Gasteiger partial charge in [0.15, 0.2) is 0 Å². The van der Waals surface area contributed by atoms with Gasteiger partial charge in [0.25, 0.3) is 0 Å². The summed E-state index contributed by atoms with van der Waals surface area (Å²) in [6, 6.07) is 9.54. The molecular formula is C17H22N2O2. The number of methoxy groups -OCH3 is 1. The first kappa shape index (κ1) is 15.3. The molecule has 21 heavy (non-hydrogen) atoms. The quantitative estimate of drug-likeness (QED) is 0.932. The third kappa shape index (κ3) is 3.73. The third-order valence-electron chi connectivity index (χ3n) is 3.24. The minimum Gasteiger partial charge on any atom is -0.497 e. The summed E-state index contributed by atoms with van der Waals surface area (Å²) < 4.78 is 11.3. The van der Waals surface area contributed by atoms with Crippen molar-refractivity contribution in [1.82, 2.24) is 4.98 Å². The zero-order chi connectivity index (χ0) is 15.5. The number of rotatable bonds is 4. The molecule has 1 aromatic heterocycles. The molecule has 0 spiro atoms. The monoisotopic (exact) mass is 286 g/mol. The van der Waals surface area contributed by atoms with E-state index in [1.807, 2.05) is 30.3 Å².